The number of halogens is 4. The van der Waals surface area contributed by atoms with Gasteiger partial charge >= 0.3 is 6.18 Å². The Hall–Kier alpha value is -1.93. The molecule has 4 nitrogen and oxygen atoms in total. The van der Waals surface area contributed by atoms with Gasteiger partial charge in [-0.05, 0) is 18.2 Å². The molecule has 8 heteroatoms. The number of benzene rings is 1. The van der Waals surface area contributed by atoms with Gasteiger partial charge in [-0.2, -0.15) is 13.2 Å². The molecule has 0 saturated carbocycles. The van der Waals surface area contributed by atoms with Gasteiger partial charge in [0.25, 0.3) is 0 Å². The fraction of sp³-hybridized carbons (Fsp3) is 0.438. The van der Waals surface area contributed by atoms with Crippen molar-refractivity contribution in [3.63, 3.8) is 0 Å². The highest BCUT2D eigenvalue weighted by molar-refractivity contribution is 5.27. The molecule has 3 rings (SSSR count). The van der Waals surface area contributed by atoms with Crippen LogP contribution in [-0.2, 0) is 19.8 Å². The molecule has 0 amide bonds. The molecule has 1 aromatic carbocycles. The molecule has 1 aromatic heterocycles. The topological polar surface area (TPSA) is 33.1 Å². The SMILES string of the molecule is Cn1ccnc1C1CNCCN1Cc1cc(C(F)(F)F)ccc1F. The zero-order valence-corrected chi connectivity index (χ0v) is 13.1. The van der Waals surface area contributed by atoms with Gasteiger partial charge in [0.2, 0.25) is 0 Å². The van der Waals surface area contributed by atoms with Crippen molar-refractivity contribution in [1.29, 1.82) is 0 Å². The quantitative estimate of drug-likeness (QED) is 0.871. The van der Waals surface area contributed by atoms with Crippen LogP contribution in [0.4, 0.5) is 17.6 Å². The van der Waals surface area contributed by atoms with E-state index in [2.05, 4.69) is 10.3 Å². The number of aromatic nitrogens is 2. The first kappa shape index (κ1) is 16.9. The number of imidazole rings is 1. The van der Waals surface area contributed by atoms with Crippen molar-refractivity contribution < 1.29 is 17.6 Å². The van der Waals surface area contributed by atoms with Crippen LogP contribution in [-0.4, -0.2) is 34.1 Å². The first-order valence-corrected chi connectivity index (χ1v) is 7.64. The molecule has 24 heavy (non-hydrogen) atoms. The van der Waals surface area contributed by atoms with E-state index in [1.807, 2.05) is 22.7 Å². The standard InChI is InChI=1S/C16H18F4N4/c1-23-6-5-22-15(23)14-9-21-4-7-24(14)10-11-8-12(16(18,19)20)2-3-13(11)17/h2-3,5-6,8,14,21H,4,7,9-10H2,1H3. The van der Waals surface area contributed by atoms with E-state index in [0.29, 0.717) is 19.6 Å². The van der Waals surface area contributed by atoms with Crippen molar-refractivity contribution in [2.24, 2.45) is 7.05 Å². The average molecular weight is 342 g/mol. The number of nitrogens with zero attached hydrogens (tertiary/aromatic N) is 3. The van der Waals surface area contributed by atoms with E-state index >= 15 is 0 Å². The fourth-order valence-corrected chi connectivity index (χ4v) is 2.98. The van der Waals surface area contributed by atoms with E-state index in [-0.39, 0.29) is 18.2 Å². The van der Waals surface area contributed by atoms with Crippen LogP contribution in [0.1, 0.15) is 23.0 Å². The Bertz CT molecular complexity index is 710. The third kappa shape index (κ3) is 3.44. The predicted octanol–water partition coefficient (Wildman–Crippen LogP) is 2.72. The van der Waals surface area contributed by atoms with Crippen molar-refractivity contribution in [3.8, 4) is 0 Å². The number of hydrogen-bond acceptors (Lipinski definition) is 3. The molecule has 0 spiro atoms. The summed E-state index contributed by atoms with van der Waals surface area (Å²) in [6.45, 7) is 2.02. The molecule has 1 unspecified atom stereocenters. The number of aryl methyl sites for hydroxylation is 1. The first-order valence-electron chi connectivity index (χ1n) is 7.64. The Morgan fingerprint density at radius 2 is 2.12 bits per heavy atom. The first-order chi connectivity index (χ1) is 11.4. The summed E-state index contributed by atoms with van der Waals surface area (Å²) in [7, 11) is 1.86. The van der Waals surface area contributed by atoms with Gasteiger partial charge in [-0.1, -0.05) is 0 Å². The summed E-state index contributed by atoms with van der Waals surface area (Å²) in [6.07, 6.45) is -0.995. The zero-order chi connectivity index (χ0) is 17.3. The minimum Gasteiger partial charge on any atom is -0.337 e. The summed E-state index contributed by atoms with van der Waals surface area (Å²) >= 11 is 0. The number of rotatable bonds is 3. The van der Waals surface area contributed by atoms with Gasteiger partial charge in [-0.25, -0.2) is 9.37 Å². The summed E-state index contributed by atoms with van der Waals surface area (Å²) in [6, 6.07) is 2.43. The lowest BCUT2D eigenvalue weighted by molar-refractivity contribution is -0.137. The number of hydrogen-bond donors (Lipinski definition) is 1. The molecule has 1 aliphatic heterocycles. The number of alkyl halides is 3. The van der Waals surface area contributed by atoms with E-state index in [4.69, 9.17) is 0 Å². The summed E-state index contributed by atoms with van der Waals surface area (Å²) in [5, 5.41) is 3.25. The lowest BCUT2D eigenvalue weighted by atomic mass is 10.1. The van der Waals surface area contributed by atoms with E-state index in [1.165, 1.54) is 0 Å². The minimum atomic E-state index is -4.48. The van der Waals surface area contributed by atoms with E-state index in [0.717, 1.165) is 24.0 Å². The Kier molecular flexibility index (Phi) is 4.60. The van der Waals surface area contributed by atoms with Crippen molar-refractivity contribution in [3.05, 3.63) is 53.4 Å². The van der Waals surface area contributed by atoms with Crippen LogP contribution >= 0.6 is 0 Å². The van der Waals surface area contributed by atoms with Gasteiger partial charge in [-0.15, -0.1) is 0 Å². The second-order valence-electron chi connectivity index (χ2n) is 5.89. The maximum absolute atomic E-state index is 14.0. The average Bonchev–Trinajstić information content (AvgIpc) is 2.95. The summed E-state index contributed by atoms with van der Waals surface area (Å²) in [4.78, 5) is 6.27. The lowest BCUT2D eigenvalue weighted by Crippen LogP contribution is -2.46. The van der Waals surface area contributed by atoms with Crippen LogP contribution in [0.15, 0.2) is 30.6 Å². The molecular weight excluding hydrogens is 324 g/mol. The predicted molar refractivity (Wildman–Crippen MR) is 80.6 cm³/mol. The van der Waals surface area contributed by atoms with Crippen molar-refractivity contribution in [2.45, 2.75) is 18.8 Å². The van der Waals surface area contributed by atoms with Crippen molar-refractivity contribution in [2.75, 3.05) is 19.6 Å². The normalized spacial score (nSPS) is 19.6. The summed E-state index contributed by atoms with van der Waals surface area (Å²) in [5.74, 6) is 0.176. The zero-order valence-electron chi connectivity index (χ0n) is 13.1. The number of piperazine rings is 1. The molecular formula is C16H18F4N4. The molecule has 2 heterocycles. The molecule has 0 bridgehead atoms. The van der Waals surface area contributed by atoms with Gasteiger partial charge in [-0.3, -0.25) is 4.90 Å². The second kappa shape index (κ2) is 6.52. The van der Waals surface area contributed by atoms with Crippen LogP contribution < -0.4 is 5.32 Å². The molecule has 0 radical (unpaired) electrons. The molecule has 130 valence electrons. The van der Waals surface area contributed by atoms with Crippen molar-refractivity contribution in [1.82, 2.24) is 19.8 Å². The maximum Gasteiger partial charge on any atom is 0.416 e. The molecule has 0 aliphatic carbocycles. The smallest absolute Gasteiger partial charge is 0.337 e. The summed E-state index contributed by atoms with van der Waals surface area (Å²) in [5.41, 5.74) is -0.784. The van der Waals surface area contributed by atoms with Crippen LogP contribution in [0, 0.1) is 5.82 Å². The minimum absolute atomic E-state index is 0.0472. The third-order valence-electron chi connectivity index (χ3n) is 4.26. The highest BCUT2D eigenvalue weighted by atomic mass is 19.4. The maximum atomic E-state index is 14.0. The van der Waals surface area contributed by atoms with E-state index in [1.54, 1.807) is 6.20 Å². The Balaban J connectivity index is 1.87. The second-order valence-corrected chi connectivity index (χ2v) is 5.89. The molecule has 1 saturated heterocycles. The molecule has 1 fully saturated rings. The molecule has 2 aromatic rings. The highest BCUT2D eigenvalue weighted by Crippen LogP contribution is 2.31. The number of nitrogens with one attached hydrogen (secondary N) is 1. The molecule has 1 atom stereocenters. The third-order valence-corrected chi connectivity index (χ3v) is 4.26. The highest BCUT2D eigenvalue weighted by Gasteiger charge is 2.32. The van der Waals surface area contributed by atoms with Crippen LogP contribution in [0.2, 0.25) is 0 Å². The Labute approximate surface area is 137 Å². The van der Waals surface area contributed by atoms with Gasteiger partial charge in [0.15, 0.2) is 0 Å². The Morgan fingerprint density at radius 1 is 1.33 bits per heavy atom. The van der Waals surface area contributed by atoms with Crippen LogP contribution in [0.5, 0.6) is 0 Å². The van der Waals surface area contributed by atoms with Gasteiger partial charge in [0.1, 0.15) is 11.6 Å². The largest absolute Gasteiger partial charge is 0.416 e. The van der Waals surface area contributed by atoms with Crippen LogP contribution in [0.25, 0.3) is 0 Å². The van der Waals surface area contributed by atoms with Crippen molar-refractivity contribution >= 4 is 0 Å². The van der Waals surface area contributed by atoms with Gasteiger partial charge in [0, 0.05) is 51.2 Å². The fourth-order valence-electron chi connectivity index (χ4n) is 2.98. The van der Waals surface area contributed by atoms with Gasteiger partial charge in [0.05, 0.1) is 11.6 Å². The van der Waals surface area contributed by atoms with E-state index in [9.17, 15) is 17.6 Å². The van der Waals surface area contributed by atoms with Gasteiger partial charge < -0.3 is 9.88 Å². The molecule has 1 aliphatic rings. The molecule has 1 N–H and O–H groups in total. The summed E-state index contributed by atoms with van der Waals surface area (Å²) < 4.78 is 54.5. The monoisotopic (exact) mass is 342 g/mol. The van der Waals surface area contributed by atoms with E-state index < -0.39 is 17.6 Å². The van der Waals surface area contributed by atoms with Crippen LogP contribution in [0.3, 0.4) is 0 Å². The Morgan fingerprint density at radius 3 is 2.79 bits per heavy atom. The lowest BCUT2D eigenvalue weighted by Gasteiger charge is -2.35.